The largest absolute Gasteiger partial charge is 0.480 e. The first kappa shape index (κ1) is 12.2. The molecule has 76 valence electrons. The van der Waals surface area contributed by atoms with Crippen molar-refractivity contribution in [2.75, 3.05) is 6.54 Å². The molecule has 0 aliphatic carbocycles. The second-order valence-electron chi connectivity index (χ2n) is 2.96. The van der Waals surface area contributed by atoms with Gasteiger partial charge in [-0.25, -0.2) is 0 Å². The summed E-state index contributed by atoms with van der Waals surface area (Å²) in [5.41, 5.74) is 5.28. The highest BCUT2D eigenvalue weighted by atomic mass is 35.5. The predicted molar refractivity (Wildman–Crippen MR) is 48.6 cm³/mol. The molecule has 2 atom stereocenters. The lowest BCUT2D eigenvalue weighted by Gasteiger charge is -2.09. The van der Waals surface area contributed by atoms with Crippen LogP contribution in [0.25, 0.3) is 0 Å². The van der Waals surface area contributed by atoms with Gasteiger partial charge in [0.05, 0.1) is 0 Å². The van der Waals surface area contributed by atoms with Gasteiger partial charge in [0.25, 0.3) is 0 Å². The van der Waals surface area contributed by atoms with Crippen molar-refractivity contribution >= 4 is 24.3 Å². The number of nitrogens with one attached hydrogen (secondary N) is 1. The minimum absolute atomic E-state index is 0. The highest BCUT2D eigenvalue weighted by molar-refractivity contribution is 5.85. The van der Waals surface area contributed by atoms with E-state index in [2.05, 4.69) is 5.32 Å². The first-order valence-electron chi connectivity index (χ1n) is 3.87. The summed E-state index contributed by atoms with van der Waals surface area (Å²) >= 11 is 0. The fourth-order valence-corrected chi connectivity index (χ4v) is 1.28. The van der Waals surface area contributed by atoms with Gasteiger partial charge < -0.3 is 16.2 Å². The summed E-state index contributed by atoms with van der Waals surface area (Å²) < 4.78 is 0. The van der Waals surface area contributed by atoms with Gasteiger partial charge in [0, 0.05) is 12.5 Å². The summed E-state index contributed by atoms with van der Waals surface area (Å²) in [4.78, 5) is 21.3. The molecule has 1 amide bonds. The zero-order valence-electron chi connectivity index (χ0n) is 7.03. The highest BCUT2D eigenvalue weighted by Gasteiger charge is 2.28. The van der Waals surface area contributed by atoms with E-state index in [0.29, 0.717) is 13.0 Å². The van der Waals surface area contributed by atoms with Crippen molar-refractivity contribution in [3.05, 3.63) is 0 Å². The normalized spacial score (nSPS) is 23.2. The van der Waals surface area contributed by atoms with Gasteiger partial charge in [-0.2, -0.15) is 0 Å². The maximum Gasteiger partial charge on any atom is 0.320 e. The van der Waals surface area contributed by atoms with Crippen LogP contribution in [0.4, 0.5) is 0 Å². The number of carboxylic acids is 1. The summed E-state index contributed by atoms with van der Waals surface area (Å²) in [7, 11) is 0. The molecule has 0 aromatic carbocycles. The van der Waals surface area contributed by atoms with Crippen molar-refractivity contribution in [1.29, 1.82) is 0 Å². The fraction of sp³-hybridized carbons (Fsp3) is 0.714. The average Bonchev–Trinajstić information content (AvgIpc) is 2.36. The van der Waals surface area contributed by atoms with Gasteiger partial charge in [0.2, 0.25) is 5.91 Å². The SMILES string of the molecule is Cl.N[C@@H](C[C@@H]1CCNC1=O)C(=O)O. The van der Waals surface area contributed by atoms with E-state index >= 15 is 0 Å². The Morgan fingerprint density at radius 2 is 2.38 bits per heavy atom. The maximum absolute atomic E-state index is 11.0. The van der Waals surface area contributed by atoms with Crippen LogP contribution in [0.3, 0.4) is 0 Å². The van der Waals surface area contributed by atoms with Gasteiger partial charge in [-0.1, -0.05) is 0 Å². The molecule has 1 aliphatic rings. The first-order chi connectivity index (χ1) is 5.61. The van der Waals surface area contributed by atoms with Crippen molar-refractivity contribution in [2.45, 2.75) is 18.9 Å². The maximum atomic E-state index is 11.0. The minimum atomic E-state index is -1.05. The third-order valence-electron chi connectivity index (χ3n) is 2.02. The third-order valence-corrected chi connectivity index (χ3v) is 2.02. The Labute approximate surface area is 82.1 Å². The van der Waals surface area contributed by atoms with Crippen LogP contribution < -0.4 is 11.1 Å². The van der Waals surface area contributed by atoms with Crippen molar-refractivity contribution in [1.82, 2.24) is 5.32 Å². The number of halogens is 1. The summed E-state index contributed by atoms with van der Waals surface area (Å²) in [5.74, 6) is -1.34. The Morgan fingerprint density at radius 1 is 1.77 bits per heavy atom. The number of carbonyl (C=O) groups excluding carboxylic acids is 1. The Kier molecular flexibility index (Phi) is 4.72. The van der Waals surface area contributed by atoms with Crippen LogP contribution in [0.1, 0.15) is 12.8 Å². The smallest absolute Gasteiger partial charge is 0.320 e. The summed E-state index contributed by atoms with van der Waals surface area (Å²) in [5, 5.41) is 11.1. The molecule has 0 spiro atoms. The van der Waals surface area contributed by atoms with Gasteiger partial charge in [-0.3, -0.25) is 9.59 Å². The lowest BCUT2D eigenvalue weighted by atomic mass is 9.99. The zero-order chi connectivity index (χ0) is 9.14. The second-order valence-corrected chi connectivity index (χ2v) is 2.96. The lowest BCUT2D eigenvalue weighted by molar-refractivity contribution is -0.139. The molecular formula is C7H13ClN2O3. The van der Waals surface area contributed by atoms with Crippen LogP contribution in [0.15, 0.2) is 0 Å². The molecule has 13 heavy (non-hydrogen) atoms. The lowest BCUT2D eigenvalue weighted by Crippen LogP contribution is -2.34. The first-order valence-corrected chi connectivity index (χ1v) is 3.87. The molecule has 1 rings (SSSR count). The van der Waals surface area contributed by atoms with Crippen LogP contribution >= 0.6 is 12.4 Å². The van der Waals surface area contributed by atoms with E-state index in [1.54, 1.807) is 0 Å². The van der Waals surface area contributed by atoms with Gasteiger partial charge in [0.1, 0.15) is 6.04 Å². The van der Waals surface area contributed by atoms with Crippen molar-refractivity contribution in [2.24, 2.45) is 11.7 Å². The fourth-order valence-electron chi connectivity index (χ4n) is 1.28. The molecule has 0 bridgehead atoms. The van der Waals surface area contributed by atoms with Crippen LogP contribution in [-0.4, -0.2) is 29.6 Å². The number of aliphatic carboxylic acids is 1. The molecule has 0 radical (unpaired) electrons. The summed E-state index contributed by atoms with van der Waals surface area (Å²) in [6.45, 7) is 0.635. The Bertz CT molecular complexity index is 210. The molecule has 0 unspecified atom stereocenters. The van der Waals surface area contributed by atoms with Gasteiger partial charge in [-0.15, -0.1) is 12.4 Å². The standard InChI is InChI=1S/C7H12N2O3.ClH/c8-5(7(11)12)3-4-1-2-9-6(4)10;/h4-5H,1-3,8H2,(H,9,10)(H,11,12);1H/t4-,5-;/m0./s1. The van der Waals surface area contributed by atoms with Crippen molar-refractivity contribution in [3.63, 3.8) is 0 Å². The van der Waals surface area contributed by atoms with Crippen LogP contribution in [0, 0.1) is 5.92 Å². The molecule has 0 aromatic rings. The number of carboxylic acid groups (broad SMARTS) is 1. The summed E-state index contributed by atoms with van der Waals surface area (Å²) in [6, 6.07) is -0.918. The van der Waals surface area contributed by atoms with E-state index < -0.39 is 12.0 Å². The number of amides is 1. The van der Waals surface area contributed by atoms with Gasteiger partial charge >= 0.3 is 5.97 Å². The average molecular weight is 209 g/mol. The Morgan fingerprint density at radius 3 is 2.77 bits per heavy atom. The molecule has 1 heterocycles. The summed E-state index contributed by atoms with van der Waals surface area (Å²) in [6.07, 6.45) is 0.932. The van der Waals surface area contributed by atoms with Crippen molar-refractivity contribution < 1.29 is 14.7 Å². The topological polar surface area (TPSA) is 92.4 Å². The monoisotopic (exact) mass is 208 g/mol. The van der Waals surface area contributed by atoms with Gasteiger partial charge in [0.15, 0.2) is 0 Å². The second kappa shape index (κ2) is 5.04. The molecule has 6 heteroatoms. The number of carbonyl (C=O) groups is 2. The minimum Gasteiger partial charge on any atom is -0.480 e. The van der Waals surface area contributed by atoms with Crippen molar-refractivity contribution in [3.8, 4) is 0 Å². The molecule has 0 aromatic heterocycles. The number of nitrogens with two attached hydrogens (primary N) is 1. The molecule has 4 N–H and O–H groups in total. The molecule has 1 fully saturated rings. The molecule has 1 saturated heterocycles. The van der Waals surface area contributed by atoms with E-state index in [1.807, 2.05) is 0 Å². The highest BCUT2D eigenvalue weighted by Crippen LogP contribution is 2.14. The zero-order valence-corrected chi connectivity index (χ0v) is 7.84. The Hall–Kier alpha value is -0.810. The van der Waals surface area contributed by atoms with Crippen LogP contribution in [-0.2, 0) is 9.59 Å². The van der Waals surface area contributed by atoms with Crippen LogP contribution in [0.2, 0.25) is 0 Å². The number of rotatable bonds is 3. The third kappa shape index (κ3) is 3.20. The number of hydrogen-bond acceptors (Lipinski definition) is 3. The Balaban J connectivity index is 0.00000144. The molecule has 0 saturated carbocycles. The van der Waals surface area contributed by atoms with E-state index in [4.69, 9.17) is 10.8 Å². The number of hydrogen-bond donors (Lipinski definition) is 3. The quantitative estimate of drug-likeness (QED) is 0.575. The molecule has 5 nitrogen and oxygen atoms in total. The predicted octanol–water partition coefficient (Wildman–Crippen LogP) is -0.654. The van der Waals surface area contributed by atoms with E-state index in [9.17, 15) is 9.59 Å². The van der Waals surface area contributed by atoms with E-state index in [-0.39, 0.29) is 30.7 Å². The molecular weight excluding hydrogens is 196 g/mol. The van der Waals surface area contributed by atoms with Gasteiger partial charge in [-0.05, 0) is 12.8 Å². The van der Waals surface area contributed by atoms with E-state index in [1.165, 1.54) is 0 Å². The van der Waals surface area contributed by atoms with E-state index in [0.717, 1.165) is 0 Å². The molecule has 1 aliphatic heterocycles. The van der Waals surface area contributed by atoms with Crippen LogP contribution in [0.5, 0.6) is 0 Å².